The van der Waals surface area contributed by atoms with E-state index in [-0.39, 0.29) is 68.9 Å². The number of ether oxygens (including phenoxy) is 3. The van der Waals surface area contributed by atoms with Crippen molar-refractivity contribution in [1.82, 2.24) is 0 Å². The molecule has 4 aromatic rings. The number of furan rings is 1. The summed E-state index contributed by atoms with van der Waals surface area (Å²) in [4.78, 5) is 50.6. The predicted octanol–water partition coefficient (Wildman–Crippen LogP) is 2.87. The van der Waals surface area contributed by atoms with Gasteiger partial charge in [-0.15, -0.1) is 0 Å². The minimum atomic E-state index is -1.04. The summed E-state index contributed by atoms with van der Waals surface area (Å²) in [6.07, 6.45) is 0.0907. The van der Waals surface area contributed by atoms with Crippen molar-refractivity contribution in [3.8, 4) is 28.7 Å². The van der Waals surface area contributed by atoms with Crippen molar-refractivity contribution in [2.24, 2.45) is 0 Å². The predicted molar refractivity (Wildman–Crippen MR) is 131 cm³/mol. The van der Waals surface area contributed by atoms with Crippen LogP contribution in [-0.4, -0.2) is 54.2 Å². The molecule has 2 heterocycles. The Balaban J connectivity index is 1.51. The number of aromatic hydroxyl groups is 3. The lowest BCUT2D eigenvalue weighted by Gasteiger charge is -2.19. The number of rotatable bonds is 6. The number of fused-ring (bicyclic) bond motifs is 3. The maximum atomic E-state index is 13.3. The molecule has 0 unspecified atom stereocenters. The van der Waals surface area contributed by atoms with E-state index < -0.39 is 46.2 Å². The largest absolute Gasteiger partial charge is 0.504 e. The Hall–Kier alpha value is -5.26. The summed E-state index contributed by atoms with van der Waals surface area (Å²) in [7, 11) is 3.70. The van der Waals surface area contributed by atoms with Crippen LogP contribution in [0.4, 0.5) is 0 Å². The second-order valence-electron chi connectivity index (χ2n) is 8.58. The zero-order valence-corrected chi connectivity index (χ0v) is 20.7. The normalized spacial score (nSPS) is 12.3. The molecule has 0 radical (unpaired) electrons. The molecule has 1 aliphatic rings. The van der Waals surface area contributed by atoms with Gasteiger partial charge in [0.1, 0.15) is 16.9 Å². The van der Waals surface area contributed by atoms with Crippen molar-refractivity contribution >= 4 is 28.3 Å². The Kier molecular flexibility index (Phi) is 6.02. The molecule has 39 heavy (non-hydrogen) atoms. The molecular formula is C27H20O12. The average molecular weight is 536 g/mol. The van der Waals surface area contributed by atoms with Crippen molar-refractivity contribution in [2.45, 2.75) is 12.8 Å². The third kappa shape index (κ3) is 3.84. The van der Waals surface area contributed by atoms with Crippen LogP contribution < -0.4 is 15.1 Å². The van der Waals surface area contributed by atoms with E-state index >= 15 is 0 Å². The van der Waals surface area contributed by atoms with E-state index in [1.54, 1.807) is 0 Å². The van der Waals surface area contributed by atoms with Crippen LogP contribution in [0.1, 0.15) is 53.9 Å². The fraction of sp³-hybridized carbons (Fsp3) is 0.185. The van der Waals surface area contributed by atoms with E-state index in [1.165, 1.54) is 38.5 Å². The van der Waals surface area contributed by atoms with Gasteiger partial charge in [-0.2, -0.15) is 0 Å². The molecule has 12 heteroatoms. The highest BCUT2D eigenvalue weighted by atomic mass is 16.5. The Morgan fingerprint density at radius 3 is 2.18 bits per heavy atom. The second-order valence-corrected chi connectivity index (χ2v) is 8.58. The van der Waals surface area contributed by atoms with Crippen LogP contribution in [0, 0.1) is 0 Å². The standard InChI is InChI=1S/C27H20O12/c1-35-14-9-15(36-2)22(30)19-18(14)21(29)13-8-12(38-25(13)24(19)32)5-4-10-6-11-7-16(26(33)37-3)39-27(34)17(11)23(31)20(10)28/h6-9,28,30-31H,4-5H2,1-3H3. The topological polar surface area (TPSA) is 183 Å². The number of phenols is 3. The van der Waals surface area contributed by atoms with Gasteiger partial charge in [-0.1, -0.05) is 0 Å². The maximum Gasteiger partial charge on any atom is 0.374 e. The summed E-state index contributed by atoms with van der Waals surface area (Å²) in [5.41, 5.74) is -1.32. The van der Waals surface area contributed by atoms with Crippen LogP contribution >= 0.6 is 0 Å². The van der Waals surface area contributed by atoms with Gasteiger partial charge in [0.05, 0.1) is 38.0 Å². The number of hydrogen-bond donors (Lipinski definition) is 3. The van der Waals surface area contributed by atoms with Gasteiger partial charge in [-0.25, -0.2) is 9.59 Å². The van der Waals surface area contributed by atoms with E-state index in [9.17, 15) is 34.5 Å². The first kappa shape index (κ1) is 25.4. The summed E-state index contributed by atoms with van der Waals surface area (Å²) in [6.45, 7) is 0. The molecule has 200 valence electrons. The van der Waals surface area contributed by atoms with Gasteiger partial charge >= 0.3 is 11.6 Å². The van der Waals surface area contributed by atoms with Gasteiger partial charge in [0, 0.05) is 12.5 Å². The first-order chi connectivity index (χ1) is 18.6. The van der Waals surface area contributed by atoms with Crippen LogP contribution in [-0.2, 0) is 17.6 Å². The number of hydrogen-bond acceptors (Lipinski definition) is 12. The summed E-state index contributed by atoms with van der Waals surface area (Å²) in [5, 5.41) is 31.3. The van der Waals surface area contributed by atoms with Gasteiger partial charge in [0.25, 0.3) is 0 Å². The molecule has 0 saturated carbocycles. The zero-order chi connectivity index (χ0) is 28.2. The summed E-state index contributed by atoms with van der Waals surface area (Å²) in [6, 6.07) is 5.26. The number of aryl methyl sites for hydroxylation is 2. The number of benzene rings is 2. The third-order valence-corrected chi connectivity index (χ3v) is 6.46. The Morgan fingerprint density at radius 1 is 0.795 bits per heavy atom. The van der Waals surface area contributed by atoms with Crippen LogP contribution in [0.3, 0.4) is 0 Å². The highest BCUT2D eigenvalue weighted by Crippen LogP contribution is 2.44. The van der Waals surface area contributed by atoms with E-state index in [0.29, 0.717) is 0 Å². The summed E-state index contributed by atoms with van der Waals surface area (Å²) >= 11 is 0. The molecule has 2 aromatic heterocycles. The molecule has 0 saturated heterocycles. The molecule has 1 aliphatic carbocycles. The molecule has 0 aliphatic heterocycles. The summed E-state index contributed by atoms with van der Waals surface area (Å²) < 4.78 is 25.4. The van der Waals surface area contributed by atoms with Crippen LogP contribution in [0.5, 0.6) is 28.7 Å². The number of ketones is 2. The van der Waals surface area contributed by atoms with Gasteiger partial charge in [0.2, 0.25) is 17.3 Å². The van der Waals surface area contributed by atoms with Gasteiger partial charge in [-0.05, 0) is 35.6 Å². The van der Waals surface area contributed by atoms with Crippen molar-refractivity contribution in [1.29, 1.82) is 0 Å². The minimum Gasteiger partial charge on any atom is -0.504 e. The molecule has 0 atom stereocenters. The van der Waals surface area contributed by atoms with Crippen LogP contribution in [0.15, 0.2) is 37.9 Å². The fourth-order valence-electron chi connectivity index (χ4n) is 4.57. The molecule has 12 nitrogen and oxygen atoms in total. The molecule has 2 aromatic carbocycles. The van der Waals surface area contributed by atoms with Crippen molar-refractivity contribution in [3.05, 3.63) is 74.2 Å². The first-order valence-corrected chi connectivity index (χ1v) is 11.4. The maximum absolute atomic E-state index is 13.3. The van der Waals surface area contributed by atoms with Gasteiger partial charge in [-0.3, -0.25) is 9.59 Å². The molecule has 0 amide bonds. The summed E-state index contributed by atoms with van der Waals surface area (Å²) in [5.74, 6) is -4.58. The molecule has 0 fully saturated rings. The lowest BCUT2D eigenvalue weighted by atomic mass is 9.86. The van der Waals surface area contributed by atoms with E-state index in [4.69, 9.17) is 18.3 Å². The van der Waals surface area contributed by atoms with Crippen LogP contribution in [0.2, 0.25) is 0 Å². The molecular weight excluding hydrogens is 516 g/mol. The first-order valence-electron chi connectivity index (χ1n) is 11.4. The Labute approximate surface area is 218 Å². The number of methoxy groups -OCH3 is 3. The number of carbonyl (C=O) groups is 3. The van der Waals surface area contributed by atoms with Gasteiger partial charge in [0.15, 0.2) is 28.8 Å². The average Bonchev–Trinajstić information content (AvgIpc) is 3.36. The Bertz CT molecular complexity index is 1770. The fourth-order valence-corrected chi connectivity index (χ4v) is 4.57. The van der Waals surface area contributed by atoms with Crippen molar-refractivity contribution in [2.75, 3.05) is 21.3 Å². The zero-order valence-electron chi connectivity index (χ0n) is 20.7. The molecule has 0 spiro atoms. The quantitative estimate of drug-likeness (QED) is 0.213. The SMILES string of the molecule is COC(=O)c1cc2cc(CCc3cc4c(o3)C(=O)c3c(O)c(OC)cc(OC)c3C4=O)c(O)c(O)c2c(=O)o1. The molecule has 0 bridgehead atoms. The number of phenolic OH excluding ortho intramolecular Hbond substituents is 3. The van der Waals surface area contributed by atoms with Crippen molar-refractivity contribution in [3.63, 3.8) is 0 Å². The monoisotopic (exact) mass is 536 g/mol. The highest BCUT2D eigenvalue weighted by molar-refractivity contribution is 6.29. The van der Waals surface area contributed by atoms with Crippen LogP contribution in [0.25, 0.3) is 10.8 Å². The number of esters is 1. The minimum absolute atomic E-state index is 0.0312. The lowest BCUT2D eigenvalue weighted by Crippen LogP contribution is -2.20. The van der Waals surface area contributed by atoms with E-state index in [1.807, 2.05) is 0 Å². The Morgan fingerprint density at radius 2 is 1.51 bits per heavy atom. The lowest BCUT2D eigenvalue weighted by molar-refractivity contribution is 0.0560. The number of carbonyl (C=O) groups excluding carboxylic acids is 3. The van der Waals surface area contributed by atoms with Crippen molar-refractivity contribution < 1.29 is 52.7 Å². The molecule has 3 N–H and O–H groups in total. The smallest absolute Gasteiger partial charge is 0.374 e. The second kappa shape index (κ2) is 9.24. The molecule has 5 rings (SSSR count). The third-order valence-electron chi connectivity index (χ3n) is 6.46. The van der Waals surface area contributed by atoms with E-state index in [0.717, 1.165) is 7.11 Å². The highest BCUT2D eigenvalue weighted by Gasteiger charge is 2.39. The van der Waals surface area contributed by atoms with Gasteiger partial charge < -0.3 is 38.4 Å². The van der Waals surface area contributed by atoms with E-state index in [2.05, 4.69) is 4.74 Å².